The number of halogens is 3. The molecular formula is C16H18F3N3O2. The van der Waals surface area contributed by atoms with Gasteiger partial charge in [0.15, 0.2) is 0 Å². The van der Waals surface area contributed by atoms with E-state index < -0.39 is 6.36 Å². The number of nitrogens with zero attached hydrogens (tertiary/aromatic N) is 2. The average Bonchev–Trinajstić information content (AvgIpc) is 2.53. The minimum absolute atomic E-state index is 0.185. The summed E-state index contributed by atoms with van der Waals surface area (Å²) in [4.78, 5) is 17.5. The van der Waals surface area contributed by atoms with Crippen LogP contribution in [0.25, 0.3) is 0 Å². The number of amides is 1. The van der Waals surface area contributed by atoms with Crippen LogP contribution in [0.1, 0.15) is 31.9 Å². The van der Waals surface area contributed by atoms with E-state index in [1.54, 1.807) is 30.2 Å². The molecule has 1 N–H and O–H groups in total. The van der Waals surface area contributed by atoms with Gasteiger partial charge in [0.25, 0.3) is 0 Å². The number of hydrogen-bond donors (Lipinski definition) is 1. The second kappa shape index (κ2) is 7.37. The molecule has 1 unspecified atom stereocenters. The van der Waals surface area contributed by atoms with E-state index in [0.29, 0.717) is 24.5 Å². The molecular weight excluding hydrogens is 323 g/mol. The highest BCUT2D eigenvalue weighted by atomic mass is 19.4. The lowest BCUT2D eigenvalue weighted by Crippen LogP contribution is -2.46. The number of carbonyl (C=O) groups is 1. The lowest BCUT2D eigenvalue weighted by molar-refractivity contribution is -0.274. The highest BCUT2D eigenvalue weighted by molar-refractivity contribution is 5.97. The van der Waals surface area contributed by atoms with Gasteiger partial charge in [-0.2, -0.15) is 0 Å². The van der Waals surface area contributed by atoms with Crippen molar-refractivity contribution in [2.24, 2.45) is 4.99 Å². The molecule has 2 rings (SSSR count). The Morgan fingerprint density at radius 1 is 1.46 bits per heavy atom. The average molecular weight is 341 g/mol. The van der Waals surface area contributed by atoms with E-state index in [2.05, 4.69) is 15.0 Å². The molecule has 0 aromatic heterocycles. The topological polar surface area (TPSA) is 53.9 Å². The summed E-state index contributed by atoms with van der Waals surface area (Å²) in [6, 6.07) is 5.46. The predicted octanol–water partition coefficient (Wildman–Crippen LogP) is 3.36. The van der Waals surface area contributed by atoms with Gasteiger partial charge in [0.1, 0.15) is 5.75 Å². The SMILES string of the molecule is CCC(=O)NC1=NC=CCN1C(C)c1cccc(OC(F)(F)F)c1. The summed E-state index contributed by atoms with van der Waals surface area (Å²) in [6.45, 7) is 4.02. The third-order valence-electron chi connectivity index (χ3n) is 3.49. The summed E-state index contributed by atoms with van der Waals surface area (Å²) in [6.07, 6.45) is -1.05. The number of rotatable bonds is 4. The molecule has 24 heavy (non-hydrogen) atoms. The van der Waals surface area contributed by atoms with Gasteiger partial charge in [0.05, 0.1) is 6.04 Å². The van der Waals surface area contributed by atoms with Crippen molar-refractivity contribution < 1.29 is 22.7 Å². The van der Waals surface area contributed by atoms with E-state index in [-0.39, 0.29) is 17.7 Å². The first-order chi connectivity index (χ1) is 11.3. The van der Waals surface area contributed by atoms with Gasteiger partial charge in [-0.25, -0.2) is 4.99 Å². The Labute approximate surface area is 137 Å². The maximum atomic E-state index is 12.4. The maximum absolute atomic E-state index is 12.4. The van der Waals surface area contributed by atoms with E-state index in [1.807, 2.05) is 6.92 Å². The molecule has 8 heteroatoms. The summed E-state index contributed by atoms with van der Waals surface area (Å²) in [7, 11) is 0. The lowest BCUT2D eigenvalue weighted by Gasteiger charge is -2.32. The summed E-state index contributed by atoms with van der Waals surface area (Å²) in [5.74, 6) is -0.0927. The Morgan fingerprint density at radius 2 is 2.21 bits per heavy atom. The third kappa shape index (κ3) is 4.74. The van der Waals surface area contributed by atoms with Gasteiger partial charge < -0.3 is 9.64 Å². The fourth-order valence-corrected chi connectivity index (χ4v) is 2.25. The zero-order chi connectivity index (χ0) is 17.7. The first-order valence-corrected chi connectivity index (χ1v) is 7.45. The second-order valence-electron chi connectivity index (χ2n) is 5.19. The zero-order valence-electron chi connectivity index (χ0n) is 13.3. The van der Waals surface area contributed by atoms with Gasteiger partial charge >= 0.3 is 6.36 Å². The molecule has 0 saturated heterocycles. The van der Waals surface area contributed by atoms with Gasteiger partial charge in [0.2, 0.25) is 11.9 Å². The van der Waals surface area contributed by atoms with Gasteiger partial charge in [0, 0.05) is 19.2 Å². The molecule has 130 valence electrons. The molecule has 0 bridgehead atoms. The number of benzene rings is 1. The van der Waals surface area contributed by atoms with Crippen LogP contribution in [0.3, 0.4) is 0 Å². The largest absolute Gasteiger partial charge is 0.573 e. The lowest BCUT2D eigenvalue weighted by atomic mass is 10.1. The van der Waals surface area contributed by atoms with Gasteiger partial charge in [-0.15, -0.1) is 13.2 Å². The van der Waals surface area contributed by atoms with Crippen molar-refractivity contribution in [2.45, 2.75) is 32.7 Å². The summed E-state index contributed by atoms with van der Waals surface area (Å²) >= 11 is 0. The molecule has 1 atom stereocenters. The zero-order valence-corrected chi connectivity index (χ0v) is 13.3. The molecule has 0 fully saturated rings. The van der Waals surface area contributed by atoms with Crippen molar-refractivity contribution in [1.29, 1.82) is 0 Å². The molecule has 1 aromatic carbocycles. The fourth-order valence-electron chi connectivity index (χ4n) is 2.25. The van der Waals surface area contributed by atoms with Gasteiger partial charge in [-0.1, -0.05) is 19.1 Å². The van der Waals surface area contributed by atoms with Crippen LogP contribution < -0.4 is 10.1 Å². The van der Waals surface area contributed by atoms with E-state index in [1.165, 1.54) is 18.2 Å². The summed E-state index contributed by atoms with van der Waals surface area (Å²) < 4.78 is 41.1. The fraction of sp³-hybridized carbons (Fsp3) is 0.375. The highest BCUT2D eigenvalue weighted by Crippen LogP contribution is 2.28. The van der Waals surface area contributed by atoms with E-state index in [9.17, 15) is 18.0 Å². The minimum Gasteiger partial charge on any atom is -0.406 e. The molecule has 1 aliphatic rings. The Hall–Kier alpha value is -2.51. The van der Waals surface area contributed by atoms with Crippen LogP contribution in [-0.4, -0.2) is 29.7 Å². The van der Waals surface area contributed by atoms with Crippen molar-refractivity contribution in [2.75, 3.05) is 6.54 Å². The normalized spacial score (nSPS) is 15.7. The van der Waals surface area contributed by atoms with Crippen LogP contribution >= 0.6 is 0 Å². The Balaban J connectivity index is 2.19. The molecule has 1 aromatic rings. The number of hydrogen-bond acceptors (Lipinski definition) is 4. The van der Waals surface area contributed by atoms with Crippen molar-refractivity contribution in [1.82, 2.24) is 10.2 Å². The van der Waals surface area contributed by atoms with Crippen LogP contribution in [0.2, 0.25) is 0 Å². The van der Waals surface area contributed by atoms with Gasteiger partial charge in [-0.3, -0.25) is 10.1 Å². The first kappa shape index (κ1) is 17.8. The molecule has 1 aliphatic heterocycles. The number of guanidine groups is 1. The number of nitrogens with one attached hydrogen (secondary N) is 1. The first-order valence-electron chi connectivity index (χ1n) is 7.45. The maximum Gasteiger partial charge on any atom is 0.573 e. The number of alkyl halides is 3. The second-order valence-corrected chi connectivity index (χ2v) is 5.19. The molecule has 0 radical (unpaired) electrons. The van der Waals surface area contributed by atoms with Gasteiger partial charge in [-0.05, 0) is 30.7 Å². The Bertz CT molecular complexity index is 656. The summed E-state index contributed by atoms with van der Waals surface area (Å²) in [5, 5.41) is 2.70. The van der Waals surface area contributed by atoms with E-state index in [4.69, 9.17) is 0 Å². The molecule has 0 aliphatic carbocycles. The molecule has 1 amide bonds. The molecule has 0 spiro atoms. The van der Waals surface area contributed by atoms with Crippen molar-refractivity contribution >= 4 is 11.9 Å². The Morgan fingerprint density at radius 3 is 2.88 bits per heavy atom. The van der Waals surface area contributed by atoms with Crippen LogP contribution in [0.4, 0.5) is 13.2 Å². The third-order valence-corrected chi connectivity index (χ3v) is 3.49. The highest BCUT2D eigenvalue weighted by Gasteiger charge is 2.31. The van der Waals surface area contributed by atoms with E-state index >= 15 is 0 Å². The standard InChI is InChI=1S/C16H18F3N3O2/c1-3-14(23)21-15-20-8-5-9-22(15)11(2)12-6-4-7-13(10-12)24-16(17,18)19/h4-8,10-11H,3,9H2,1-2H3,(H,20,21,23). The minimum atomic E-state index is -4.74. The smallest absolute Gasteiger partial charge is 0.406 e. The molecule has 5 nitrogen and oxygen atoms in total. The number of ether oxygens (including phenoxy) is 1. The number of aliphatic imine (C=N–C) groups is 1. The summed E-state index contributed by atoms with van der Waals surface area (Å²) in [5.41, 5.74) is 0.616. The van der Waals surface area contributed by atoms with Crippen molar-refractivity contribution in [3.05, 3.63) is 42.1 Å². The van der Waals surface area contributed by atoms with Crippen LogP contribution in [0, 0.1) is 0 Å². The monoisotopic (exact) mass is 341 g/mol. The molecule has 1 heterocycles. The quantitative estimate of drug-likeness (QED) is 0.914. The van der Waals surface area contributed by atoms with Crippen LogP contribution in [-0.2, 0) is 4.79 Å². The van der Waals surface area contributed by atoms with Crippen LogP contribution in [0.5, 0.6) is 5.75 Å². The number of carbonyl (C=O) groups excluding carboxylic acids is 1. The van der Waals surface area contributed by atoms with E-state index in [0.717, 1.165) is 0 Å². The molecule has 0 saturated carbocycles. The Kier molecular flexibility index (Phi) is 5.48. The van der Waals surface area contributed by atoms with Crippen molar-refractivity contribution in [3.8, 4) is 5.75 Å². The van der Waals surface area contributed by atoms with Crippen molar-refractivity contribution in [3.63, 3.8) is 0 Å². The van der Waals surface area contributed by atoms with Crippen LogP contribution in [0.15, 0.2) is 41.5 Å². The predicted molar refractivity (Wildman–Crippen MR) is 83.3 cm³/mol.